The third-order valence-electron chi connectivity index (χ3n) is 3.75. The fourth-order valence-electron chi connectivity index (χ4n) is 2.41. The molecule has 0 aromatic heterocycles. The first-order valence-electron chi connectivity index (χ1n) is 7.59. The third kappa shape index (κ3) is 4.98. The lowest BCUT2D eigenvalue weighted by atomic mass is 9.97. The van der Waals surface area contributed by atoms with Gasteiger partial charge in [0.15, 0.2) is 0 Å². The molecule has 2 N–H and O–H groups in total. The summed E-state index contributed by atoms with van der Waals surface area (Å²) in [7, 11) is 0. The van der Waals surface area contributed by atoms with E-state index in [9.17, 15) is 9.59 Å². The SMILES string of the molecule is Cc1ccc(NC(=O)C(=O)NCCC2=CCCCC2)cc1Br. The van der Waals surface area contributed by atoms with E-state index in [-0.39, 0.29) is 0 Å². The molecular formula is C17H21BrN2O2. The van der Waals surface area contributed by atoms with Crippen molar-refractivity contribution >= 4 is 33.4 Å². The Bertz CT molecular complexity index is 596. The van der Waals surface area contributed by atoms with Crippen molar-refractivity contribution in [3.8, 4) is 0 Å². The average Bonchev–Trinajstić information content (AvgIpc) is 2.52. The van der Waals surface area contributed by atoms with Gasteiger partial charge >= 0.3 is 11.8 Å². The lowest BCUT2D eigenvalue weighted by Gasteiger charge is -2.13. The molecule has 4 nitrogen and oxygen atoms in total. The number of hydrogen-bond donors (Lipinski definition) is 2. The molecule has 2 amide bonds. The van der Waals surface area contributed by atoms with Crippen LogP contribution in [0.4, 0.5) is 5.69 Å². The Morgan fingerprint density at radius 3 is 2.73 bits per heavy atom. The minimum absolute atomic E-state index is 0.510. The van der Waals surface area contributed by atoms with Gasteiger partial charge in [0.05, 0.1) is 0 Å². The van der Waals surface area contributed by atoms with E-state index in [0.29, 0.717) is 12.2 Å². The number of benzene rings is 1. The highest BCUT2D eigenvalue weighted by atomic mass is 79.9. The first-order valence-corrected chi connectivity index (χ1v) is 8.39. The van der Waals surface area contributed by atoms with Crippen LogP contribution in [0.2, 0.25) is 0 Å². The van der Waals surface area contributed by atoms with Crippen molar-refractivity contribution in [3.05, 3.63) is 39.9 Å². The van der Waals surface area contributed by atoms with Crippen molar-refractivity contribution in [2.75, 3.05) is 11.9 Å². The van der Waals surface area contributed by atoms with E-state index in [1.54, 1.807) is 12.1 Å². The predicted octanol–water partition coefficient (Wildman–Crippen LogP) is 3.70. The summed E-state index contributed by atoms with van der Waals surface area (Å²) < 4.78 is 0.898. The van der Waals surface area contributed by atoms with E-state index >= 15 is 0 Å². The van der Waals surface area contributed by atoms with Crippen LogP contribution < -0.4 is 10.6 Å². The van der Waals surface area contributed by atoms with Crippen LogP contribution in [0.25, 0.3) is 0 Å². The molecule has 1 aliphatic rings. The molecule has 0 bridgehead atoms. The second-order valence-electron chi connectivity index (χ2n) is 5.53. The Morgan fingerprint density at radius 1 is 1.23 bits per heavy atom. The average molecular weight is 365 g/mol. The van der Waals surface area contributed by atoms with Crippen LogP contribution in [0, 0.1) is 6.92 Å². The second-order valence-corrected chi connectivity index (χ2v) is 6.39. The van der Waals surface area contributed by atoms with Crippen molar-refractivity contribution < 1.29 is 9.59 Å². The quantitative estimate of drug-likeness (QED) is 0.631. The van der Waals surface area contributed by atoms with Crippen molar-refractivity contribution in [1.29, 1.82) is 0 Å². The molecule has 0 fully saturated rings. The fraction of sp³-hybridized carbons (Fsp3) is 0.412. The van der Waals surface area contributed by atoms with Gasteiger partial charge in [0.2, 0.25) is 0 Å². The van der Waals surface area contributed by atoms with E-state index in [4.69, 9.17) is 0 Å². The largest absolute Gasteiger partial charge is 0.348 e. The number of halogens is 1. The van der Waals surface area contributed by atoms with Crippen LogP contribution in [0.5, 0.6) is 0 Å². The van der Waals surface area contributed by atoms with Crippen LogP contribution in [-0.2, 0) is 9.59 Å². The first kappa shape index (κ1) is 16.7. The molecule has 1 aromatic carbocycles. The Labute approximate surface area is 139 Å². The summed E-state index contributed by atoms with van der Waals surface area (Å²) in [6.07, 6.45) is 7.80. The van der Waals surface area contributed by atoms with Gasteiger partial charge in [-0.1, -0.05) is 33.6 Å². The number of carbonyl (C=O) groups is 2. The normalized spacial score (nSPS) is 14.2. The van der Waals surface area contributed by atoms with Gasteiger partial charge in [-0.25, -0.2) is 0 Å². The van der Waals surface area contributed by atoms with Crippen LogP contribution in [-0.4, -0.2) is 18.4 Å². The summed E-state index contributed by atoms with van der Waals surface area (Å²) >= 11 is 3.40. The van der Waals surface area contributed by atoms with Gasteiger partial charge in [0.25, 0.3) is 0 Å². The highest BCUT2D eigenvalue weighted by Gasteiger charge is 2.14. The van der Waals surface area contributed by atoms with E-state index in [1.807, 2.05) is 13.0 Å². The maximum Gasteiger partial charge on any atom is 0.313 e. The molecule has 5 heteroatoms. The van der Waals surface area contributed by atoms with Gasteiger partial charge in [0, 0.05) is 16.7 Å². The topological polar surface area (TPSA) is 58.2 Å². The highest BCUT2D eigenvalue weighted by Crippen LogP contribution is 2.21. The zero-order valence-corrected chi connectivity index (χ0v) is 14.3. The van der Waals surface area contributed by atoms with Gasteiger partial charge in [-0.15, -0.1) is 0 Å². The molecule has 1 aromatic rings. The van der Waals surface area contributed by atoms with Crippen molar-refractivity contribution in [1.82, 2.24) is 5.32 Å². The molecule has 0 radical (unpaired) electrons. The van der Waals surface area contributed by atoms with Crippen molar-refractivity contribution in [2.45, 2.75) is 39.0 Å². The minimum atomic E-state index is -0.631. The van der Waals surface area contributed by atoms with Gasteiger partial charge in [-0.3, -0.25) is 9.59 Å². The smallest absolute Gasteiger partial charge is 0.313 e. The second kappa shape index (κ2) is 8.13. The Morgan fingerprint density at radius 2 is 2.05 bits per heavy atom. The zero-order chi connectivity index (χ0) is 15.9. The molecule has 0 unspecified atom stereocenters. The number of amides is 2. The molecule has 0 atom stereocenters. The predicted molar refractivity (Wildman–Crippen MR) is 91.7 cm³/mol. The summed E-state index contributed by atoms with van der Waals surface area (Å²) in [6, 6.07) is 5.44. The molecule has 0 aliphatic heterocycles. The molecule has 0 spiro atoms. The summed E-state index contributed by atoms with van der Waals surface area (Å²) in [5.41, 5.74) is 3.06. The van der Waals surface area contributed by atoms with Crippen LogP contribution in [0.1, 0.15) is 37.7 Å². The summed E-state index contributed by atoms with van der Waals surface area (Å²) in [5, 5.41) is 5.28. The maximum absolute atomic E-state index is 11.8. The molecule has 1 aliphatic carbocycles. The summed E-state index contributed by atoms with van der Waals surface area (Å²) in [6.45, 7) is 2.47. The van der Waals surface area contributed by atoms with Gasteiger partial charge in [-0.05, 0) is 56.7 Å². The Kier molecular flexibility index (Phi) is 6.19. The fourth-order valence-corrected chi connectivity index (χ4v) is 2.79. The number of aryl methyl sites for hydroxylation is 1. The molecular weight excluding hydrogens is 344 g/mol. The number of anilines is 1. The first-order chi connectivity index (χ1) is 10.6. The summed E-state index contributed by atoms with van der Waals surface area (Å²) in [5.74, 6) is -1.22. The highest BCUT2D eigenvalue weighted by molar-refractivity contribution is 9.10. The number of nitrogens with one attached hydrogen (secondary N) is 2. The number of hydrogen-bond acceptors (Lipinski definition) is 2. The van der Waals surface area contributed by atoms with Crippen molar-refractivity contribution in [2.24, 2.45) is 0 Å². The van der Waals surface area contributed by atoms with E-state index < -0.39 is 11.8 Å². The Balaban J connectivity index is 1.78. The molecule has 2 rings (SSSR count). The number of allylic oxidation sites excluding steroid dienone is 1. The number of rotatable bonds is 4. The molecule has 0 saturated carbocycles. The summed E-state index contributed by atoms with van der Waals surface area (Å²) in [4.78, 5) is 23.6. The van der Waals surface area contributed by atoms with E-state index in [0.717, 1.165) is 29.3 Å². The van der Waals surface area contributed by atoms with Crippen molar-refractivity contribution in [3.63, 3.8) is 0 Å². The zero-order valence-electron chi connectivity index (χ0n) is 12.7. The van der Waals surface area contributed by atoms with Gasteiger partial charge in [-0.2, -0.15) is 0 Å². The standard InChI is InChI=1S/C17H21BrN2O2/c1-12-7-8-14(11-15(12)18)20-17(22)16(21)19-10-9-13-5-3-2-4-6-13/h5,7-8,11H,2-4,6,9-10H2,1H3,(H,19,21)(H,20,22). The maximum atomic E-state index is 11.8. The monoisotopic (exact) mass is 364 g/mol. The minimum Gasteiger partial charge on any atom is -0.348 e. The lowest BCUT2D eigenvalue weighted by molar-refractivity contribution is -0.136. The molecule has 0 saturated heterocycles. The van der Waals surface area contributed by atoms with Crippen LogP contribution >= 0.6 is 15.9 Å². The van der Waals surface area contributed by atoms with E-state index in [2.05, 4.69) is 32.6 Å². The molecule has 118 valence electrons. The lowest BCUT2D eigenvalue weighted by Crippen LogP contribution is -2.36. The van der Waals surface area contributed by atoms with Crippen LogP contribution in [0.15, 0.2) is 34.3 Å². The van der Waals surface area contributed by atoms with Gasteiger partial charge in [0.1, 0.15) is 0 Å². The van der Waals surface area contributed by atoms with Crippen LogP contribution in [0.3, 0.4) is 0 Å². The third-order valence-corrected chi connectivity index (χ3v) is 4.61. The number of carbonyl (C=O) groups excluding carboxylic acids is 2. The Hall–Kier alpha value is -1.62. The van der Waals surface area contributed by atoms with E-state index in [1.165, 1.54) is 18.4 Å². The molecule has 0 heterocycles. The van der Waals surface area contributed by atoms with Gasteiger partial charge < -0.3 is 10.6 Å². The molecule has 22 heavy (non-hydrogen) atoms.